The van der Waals surface area contributed by atoms with Gasteiger partial charge in [-0.1, -0.05) is 54.1 Å². The minimum atomic E-state index is -0.207. The number of amides is 1. The zero-order chi connectivity index (χ0) is 23.9. The van der Waals surface area contributed by atoms with Crippen LogP contribution in [0.3, 0.4) is 0 Å². The highest BCUT2D eigenvalue weighted by molar-refractivity contribution is 6.30. The van der Waals surface area contributed by atoms with Crippen molar-refractivity contribution in [2.75, 3.05) is 11.9 Å². The smallest absolute Gasteiger partial charge is 0.255 e. The molecule has 0 saturated heterocycles. The van der Waals surface area contributed by atoms with Gasteiger partial charge in [-0.2, -0.15) is 0 Å². The van der Waals surface area contributed by atoms with Crippen LogP contribution in [0.15, 0.2) is 91.0 Å². The van der Waals surface area contributed by atoms with Gasteiger partial charge < -0.3 is 14.8 Å². The van der Waals surface area contributed by atoms with Crippen molar-refractivity contribution in [1.82, 2.24) is 0 Å². The Bertz CT molecular complexity index is 1270. The third-order valence-electron chi connectivity index (χ3n) is 5.41. The van der Waals surface area contributed by atoms with E-state index in [2.05, 4.69) is 17.4 Å². The van der Waals surface area contributed by atoms with Gasteiger partial charge in [0.15, 0.2) is 0 Å². The molecule has 0 fully saturated rings. The number of anilines is 1. The second kappa shape index (κ2) is 10.9. The van der Waals surface area contributed by atoms with Crippen LogP contribution in [0.5, 0.6) is 11.5 Å². The van der Waals surface area contributed by atoms with E-state index in [1.807, 2.05) is 74.5 Å². The lowest BCUT2D eigenvalue weighted by molar-refractivity contribution is 0.102. The molecule has 0 heterocycles. The number of rotatable bonds is 8. The number of nitrogens with one attached hydrogen (secondary N) is 1. The van der Waals surface area contributed by atoms with Crippen LogP contribution >= 0.6 is 11.6 Å². The summed E-state index contributed by atoms with van der Waals surface area (Å²) in [5.74, 6) is 1.23. The maximum Gasteiger partial charge on any atom is 0.255 e. The summed E-state index contributed by atoms with van der Waals surface area (Å²) in [6.45, 7) is 4.63. The summed E-state index contributed by atoms with van der Waals surface area (Å²) in [5.41, 5.74) is 5.22. The molecule has 0 saturated carbocycles. The lowest BCUT2D eigenvalue weighted by Crippen LogP contribution is -2.14. The Morgan fingerprint density at radius 3 is 2.29 bits per heavy atom. The molecule has 4 aromatic rings. The molecule has 5 heteroatoms. The van der Waals surface area contributed by atoms with Crippen LogP contribution in [0.4, 0.5) is 5.69 Å². The third kappa shape index (κ3) is 5.77. The van der Waals surface area contributed by atoms with E-state index in [4.69, 9.17) is 21.1 Å². The van der Waals surface area contributed by atoms with Crippen molar-refractivity contribution >= 4 is 23.2 Å². The fraction of sp³-hybridized carbons (Fsp3) is 0.138. The van der Waals surface area contributed by atoms with E-state index in [1.54, 1.807) is 18.2 Å². The van der Waals surface area contributed by atoms with Gasteiger partial charge >= 0.3 is 0 Å². The van der Waals surface area contributed by atoms with E-state index in [1.165, 1.54) is 0 Å². The van der Waals surface area contributed by atoms with E-state index in [-0.39, 0.29) is 12.5 Å². The number of hydrogen-bond acceptors (Lipinski definition) is 3. The number of carbonyl (C=O) groups is 1. The maximum atomic E-state index is 12.9. The molecule has 0 aliphatic rings. The second-order valence-electron chi connectivity index (χ2n) is 7.85. The van der Waals surface area contributed by atoms with Crippen LogP contribution in [-0.2, 0) is 6.61 Å². The zero-order valence-electron chi connectivity index (χ0n) is 19.2. The summed E-state index contributed by atoms with van der Waals surface area (Å²) in [4.78, 5) is 12.9. The Balaban J connectivity index is 1.49. The van der Waals surface area contributed by atoms with Crippen molar-refractivity contribution in [2.45, 2.75) is 20.5 Å². The van der Waals surface area contributed by atoms with Crippen LogP contribution in [0.2, 0.25) is 5.02 Å². The SMILES string of the molecule is CCOc1ccc(C(=O)Nc2ccc(Cl)cc2C)cc1COc1ccc(-c2ccccc2)cc1. The first-order valence-corrected chi connectivity index (χ1v) is 11.5. The first kappa shape index (κ1) is 23.4. The predicted molar refractivity (Wildman–Crippen MR) is 138 cm³/mol. The van der Waals surface area contributed by atoms with E-state index < -0.39 is 0 Å². The third-order valence-corrected chi connectivity index (χ3v) is 5.65. The molecule has 0 aliphatic heterocycles. The van der Waals surface area contributed by atoms with Crippen molar-refractivity contribution in [3.63, 3.8) is 0 Å². The number of benzene rings is 4. The largest absolute Gasteiger partial charge is 0.493 e. The Morgan fingerprint density at radius 2 is 1.59 bits per heavy atom. The first-order valence-electron chi connectivity index (χ1n) is 11.1. The minimum absolute atomic E-state index is 0.207. The zero-order valence-corrected chi connectivity index (χ0v) is 19.9. The van der Waals surface area contributed by atoms with Crippen LogP contribution in [-0.4, -0.2) is 12.5 Å². The fourth-order valence-corrected chi connectivity index (χ4v) is 3.85. The van der Waals surface area contributed by atoms with Crippen LogP contribution in [0.1, 0.15) is 28.4 Å². The van der Waals surface area contributed by atoms with Gasteiger partial charge in [-0.15, -0.1) is 0 Å². The molecule has 0 atom stereocenters. The topological polar surface area (TPSA) is 47.6 Å². The first-order chi connectivity index (χ1) is 16.5. The summed E-state index contributed by atoms with van der Waals surface area (Å²) < 4.78 is 11.8. The molecule has 0 spiro atoms. The number of carbonyl (C=O) groups excluding carboxylic acids is 1. The maximum absolute atomic E-state index is 12.9. The van der Waals surface area contributed by atoms with E-state index in [0.717, 1.165) is 33.7 Å². The Labute approximate surface area is 205 Å². The van der Waals surface area contributed by atoms with Crippen molar-refractivity contribution in [1.29, 1.82) is 0 Å². The molecule has 4 nitrogen and oxygen atoms in total. The van der Waals surface area contributed by atoms with Gasteiger partial charge in [-0.3, -0.25) is 4.79 Å². The van der Waals surface area contributed by atoms with Gasteiger partial charge in [0.05, 0.1) is 6.61 Å². The number of aryl methyl sites for hydroxylation is 1. The van der Waals surface area contributed by atoms with E-state index in [9.17, 15) is 4.79 Å². The van der Waals surface area contributed by atoms with Gasteiger partial charge in [-0.25, -0.2) is 0 Å². The molecule has 0 aromatic heterocycles. The van der Waals surface area contributed by atoms with Crippen LogP contribution in [0, 0.1) is 6.92 Å². The molecular weight excluding hydrogens is 446 g/mol. The normalized spacial score (nSPS) is 10.6. The Kier molecular flexibility index (Phi) is 7.51. The van der Waals surface area contributed by atoms with Crippen molar-refractivity contribution in [3.8, 4) is 22.6 Å². The van der Waals surface area contributed by atoms with Gasteiger partial charge in [0.25, 0.3) is 5.91 Å². The molecule has 4 aromatic carbocycles. The Morgan fingerprint density at radius 1 is 0.853 bits per heavy atom. The predicted octanol–water partition coefficient (Wildman–Crippen LogP) is 7.55. The molecule has 0 bridgehead atoms. The molecule has 0 aliphatic carbocycles. The van der Waals surface area contributed by atoms with Gasteiger partial charge in [0.1, 0.15) is 18.1 Å². The highest BCUT2D eigenvalue weighted by atomic mass is 35.5. The van der Waals surface area contributed by atoms with E-state index in [0.29, 0.717) is 22.9 Å². The Hall–Kier alpha value is -3.76. The average Bonchev–Trinajstić information content (AvgIpc) is 2.86. The minimum Gasteiger partial charge on any atom is -0.493 e. The quantitative estimate of drug-likeness (QED) is 0.288. The van der Waals surface area contributed by atoms with Crippen molar-refractivity contribution in [2.24, 2.45) is 0 Å². The molecule has 0 radical (unpaired) electrons. The molecule has 172 valence electrons. The molecule has 1 amide bonds. The molecule has 4 rings (SSSR count). The summed E-state index contributed by atoms with van der Waals surface area (Å²) in [6.07, 6.45) is 0. The monoisotopic (exact) mass is 471 g/mol. The van der Waals surface area contributed by atoms with Gasteiger partial charge in [-0.05, 0) is 79.1 Å². The molecule has 1 N–H and O–H groups in total. The summed E-state index contributed by atoms with van der Waals surface area (Å²) in [7, 11) is 0. The molecular formula is C29H26ClNO3. The summed E-state index contributed by atoms with van der Waals surface area (Å²) >= 11 is 6.02. The van der Waals surface area contributed by atoms with Gasteiger partial charge in [0.2, 0.25) is 0 Å². The fourth-order valence-electron chi connectivity index (χ4n) is 3.63. The average molecular weight is 472 g/mol. The van der Waals surface area contributed by atoms with Crippen molar-refractivity contribution in [3.05, 3.63) is 113 Å². The van der Waals surface area contributed by atoms with E-state index >= 15 is 0 Å². The number of halogens is 1. The van der Waals surface area contributed by atoms with Gasteiger partial charge in [0, 0.05) is 21.8 Å². The molecule has 0 unspecified atom stereocenters. The lowest BCUT2D eigenvalue weighted by atomic mass is 10.1. The lowest BCUT2D eigenvalue weighted by Gasteiger charge is -2.14. The second-order valence-corrected chi connectivity index (χ2v) is 8.28. The summed E-state index contributed by atoms with van der Waals surface area (Å²) in [6, 6.07) is 28.9. The number of ether oxygens (including phenoxy) is 2. The highest BCUT2D eigenvalue weighted by Gasteiger charge is 2.13. The van der Waals surface area contributed by atoms with Crippen molar-refractivity contribution < 1.29 is 14.3 Å². The van der Waals surface area contributed by atoms with Crippen LogP contribution < -0.4 is 14.8 Å². The summed E-state index contributed by atoms with van der Waals surface area (Å²) in [5, 5.41) is 3.58. The molecule has 34 heavy (non-hydrogen) atoms. The number of hydrogen-bond donors (Lipinski definition) is 1. The van der Waals surface area contributed by atoms with Crippen LogP contribution in [0.25, 0.3) is 11.1 Å². The highest BCUT2D eigenvalue weighted by Crippen LogP contribution is 2.26. The standard InChI is InChI=1S/C29H26ClNO3/c1-3-33-28-16-11-23(29(32)31-27-15-12-25(30)17-20(27)2)18-24(28)19-34-26-13-9-22(10-14-26)21-7-5-4-6-8-21/h4-18H,3,19H2,1-2H3,(H,31,32).